The van der Waals surface area contributed by atoms with Gasteiger partial charge in [-0.3, -0.25) is 52.8 Å². The summed E-state index contributed by atoms with van der Waals surface area (Å²) in [7, 11) is 9.80. The van der Waals surface area contributed by atoms with Crippen LogP contribution in [0, 0.1) is 35.5 Å². The topological polar surface area (TPSA) is 328 Å². The highest BCUT2D eigenvalue weighted by molar-refractivity contribution is 6.18. The van der Waals surface area contributed by atoms with Crippen molar-refractivity contribution >= 4 is 71.0 Å². The summed E-state index contributed by atoms with van der Waals surface area (Å²) < 4.78 is 11.1. The van der Waals surface area contributed by atoms with E-state index >= 15 is 9.59 Å². The first-order valence-corrected chi connectivity index (χ1v) is 34.0. The van der Waals surface area contributed by atoms with E-state index in [1.165, 1.54) is 82.8 Å². The third kappa shape index (κ3) is 24.6. The standard InChI is InChI=1S/C71H121N11O15/c1-27-29-33-46(13)58(84)56(73-20)59(85)71(19,68(94)96-40-49-34-31-30-32-35-49)82(63(89)50(72)28-2)62(88)48(15)77(22)66(92)55(44(9)10)75-60(86)51(36-41(3)4)78(23)54(83)39-76(21)67(93)57(45(11)12)81(26)65(91)53(38-43(7)8)80(25)64(90)52(37-42(5)6)79(24)61(87)47(14)74-69(95)97-70(16,17)18/h27,29-32,34-35,41-48,50-53,55-58,73,84H,28,33,36-40,72H2,1-26H3,(H,74,95)(H,75,86)/b29-27+/t46-,47-,48+,50?,51+,52+,53+,55+,56+,57+,58-,71-/m1/s1. The van der Waals surface area contributed by atoms with Gasteiger partial charge in [-0.05, 0) is 129 Å². The van der Waals surface area contributed by atoms with Gasteiger partial charge in [0.1, 0.15) is 54.5 Å². The van der Waals surface area contributed by atoms with Crippen molar-refractivity contribution in [1.29, 1.82) is 0 Å². The SMILES string of the molecule is C/C=C/C[C@@H](C)[C@@H](O)[C@H](NC)C(=O)[C@](C)(C(=O)OCc1ccccc1)N(C(=O)C(N)CC)C(=O)[C@H](C)N(C)C(=O)[C@@H](NC(=O)[C@H](CC(C)C)N(C)C(=O)CN(C)C(=O)[C@H](C(C)C)N(C)C(=O)[C@H](CC(C)C)N(C)C(=O)[C@H](CC(C)C)N(C)C(=O)[C@@H](C)NC(=O)OC(C)(C)C)C(C)C. The van der Waals surface area contributed by atoms with Crippen LogP contribution in [-0.2, 0) is 68.8 Å². The number of hydrogen-bond donors (Lipinski definition) is 5. The maximum absolute atomic E-state index is 15.3. The van der Waals surface area contributed by atoms with E-state index in [1.54, 1.807) is 112 Å². The van der Waals surface area contributed by atoms with E-state index in [0.29, 0.717) is 16.9 Å². The molecule has 97 heavy (non-hydrogen) atoms. The number of carbonyl (C=O) groups excluding carboxylic acids is 12. The van der Waals surface area contributed by atoms with Crippen molar-refractivity contribution in [3.63, 3.8) is 0 Å². The number of hydrogen-bond acceptors (Lipinski definition) is 17. The predicted molar refractivity (Wildman–Crippen MR) is 372 cm³/mol. The monoisotopic (exact) mass is 1370 g/mol. The number of nitrogens with two attached hydrogens (primary N) is 1. The fraction of sp³-hybridized carbons (Fsp3) is 0.718. The Morgan fingerprint density at radius 2 is 1.09 bits per heavy atom. The molecule has 10 amide bonds. The smallest absolute Gasteiger partial charge is 0.408 e. The molecule has 12 atom stereocenters. The molecular formula is C71H121N11O15. The fourth-order valence-corrected chi connectivity index (χ4v) is 11.2. The van der Waals surface area contributed by atoms with Gasteiger partial charge < -0.3 is 65.7 Å². The lowest BCUT2D eigenvalue weighted by Crippen LogP contribution is -2.71. The highest BCUT2D eigenvalue weighted by Gasteiger charge is 2.58. The minimum absolute atomic E-state index is 0.0554. The van der Waals surface area contributed by atoms with Crippen LogP contribution in [0.3, 0.4) is 0 Å². The van der Waals surface area contributed by atoms with E-state index in [2.05, 4.69) is 16.0 Å². The molecule has 0 heterocycles. The largest absolute Gasteiger partial charge is 0.459 e. The number of ether oxygens (including phenoxy) is 2. The van der Waals surface area contributed by atoms with Gasteiger partial charge in [-0.25, -0.2) is 9.59 Å². The second-order valence-corrected chi connectivity index (χ2v) is 29.0. The van der Waals surface area contributed by atoms with Crippen molar-refractivity contribution < 1.29 is 72.1 Å². The number of likely N-dealkylation sites (N-methyl/N-ethyl adjacent to an activating group) is 7. The maximum Gasteiger partial charge on any atom is 0.408 e. The molecule has 550 valence electrons. The van der Waals surface area contributed by atoms with E-state index in [9.17, 15) is 53.1 Å². The van der Waals surface area contributed by atoms with Crippen molar-refractivity contribution in [3.05, 3.63) is 48.0 Å². The molecule has 0 aliphatic rings. The van der Waals surface area contributed by atoms with Crippen LogP contribution in [0.5, 0.6) is 0 Å². The number of nitrogens with zero attached hydrogens (tertiary/aromatic N) is 7. The zero-order chi connectivity index (χ0) is 75.2. The molecule has 1 aromatic carbocycles. The Balaban J connectivity index is 3.78. The summed E-state index contributed by atoms with van der Waals surface area (Å²) in [5, 5.41) is 19.8. The minimum atomic E-state index is -2.81. The molecule has 26 nitrogen and oxygen atoms in total. The van der Waals surface area contributed by atoms with Crippen LogP contribution >= 0.6 is 0 Å². The van der Waals surface area contributed by atoms with Crippen molar-refractivity contribution in [2.45, 2.75) is 242 Å². The highest BCUT2D eigenvalue weighted by atomic mass is 16.6. The summed E-state index contributed by atoms with van der Waals surface area (Å²) in [6.07, 6.45) is 2.01. The molecule has 0 saturated heterocycles. The fourth-order valence-electron chi connectivity index (χ4n) is 11.2. The number of imide groups is 1. The quantitative estimate of drug-likeness (QED) is 0.0326. The van der Waals surface area contributed by atoms with Crippen molar-refractivity contribution in [2.24, 2.45) is 41.2 Å². The van der Waals surface area contributed by atoms with Gasteiger partial charge in [0, 0.05) is 42.3 Å². The summed E-state index contributed by atoms with van der Waals surface area (Å²) >= 11 is 0. The third-order valence-corrected chi connectivity index (χ3v) is 17.5. The Hall–Kier alpha value is -7.32. The molecule has 0 radical (unpaired) electrons. The van der Waals surface area contributed by atoms with Gasteiger partial charge in [-0.1, -0.05) is 126 Å². The molecular weight excluding hydrogens is 1250 g/mol. The lowest BCUT2D eigenvalue weighted by atomic mass is 9.82. The van der Waals surface area contributed by atoms with Gasteiger partial charge in [0.15, 0.2) is 5.78 Å². The van der Waals surface area contributed by atoms with Crippen LogP contribution in [0.4, 0.5) is 4.79 Å². The summed E-state index contributed by atoms with van der Waals surface area (Å²) in [6, 6.07) is -3.23. The number of alkyl carbamates (subject to hydrolysis) is 1. The number of allylic oxidation sites excluding steroid dienone is 2. The van der Waals surface area contributed by atoms with Gasteiger partial charge in [0.05, 0.1) is 24.7 Å². The molecule has 0 bridgehead atoms. The number of rotatable bonds is 37. The second kappa shape index (κ2) is 39.3. The Morgan fingerprint density at radius 1 is 0.598 bits per heavy atom. The number of aliphatic hydroxyl groups is 1. The second-order valence-electron chi connectivity index (χ2n) is 29.0. The maximum atomic E-state index is 15.3. The average molecular weight is 1370 g/mol. The number of nitrogens with one attached hydrogen (secondary N) is 3. The first-order valence-electron chi connectivity index (χ1n) is 34.0. The van der Waals surface area contributed by atoms with E-state index < -0.39 is 167 Å². The van der Waals surface area contributed by atoms with E-state index in [0.717, 1.165) is 16.7 Å². The predicted octanol–water partition coefficient (Wildman–Crippen LogP) is 5.16. The summed E-state index contributed by atoms with van der Waals surface area (Å²) in [5.41, 5.74) is 3.24. The Bertz CT molecular complexity index is 2860. The molecule has 1 aromatic rings. The number of carbonyl (C=O) groups is 12. The number of benzene rings is 1. The van der Waals surface area contributed by atoms with E-state index in [1.807, 2.05) is 41.5 Å². The van der Waals surface area contributed by atoms with Crippen LogP contribution in [0.1, 0.15) is 169 Å². The van der Waals surface area contributed by atoms with Crippen LogP contribution in [0.25, 0.3) is 0 Å². The third-order valence-electron chi connectivity index (χ3n) is 17.5. The van der Waals surface area contributed by atoms with Gasteiger partial charge in [0.2, 0.25) is 52.8 Å². The lowest BCUT2D eigenvalue weighted by molar-refractivity contribution is -0.177. The normalized spacial score (nSPS) is 15.9. The number of esters is 1. The lowest BCUT2D eigenvalue weighted by Gasteiger charge is -2.42. The molecule has 0 aliphatic carbocycles. The molecule has 1 unspecified atom stereocenters. The molecule has 0 fully saturated rings. The van der Waals surface area contributed by atoms with E-state index in [-0.39, 0.29) is 50.0 Å². The molecule has 1 rings (SSSR count). The Labute approximate surface area is 578 Å². The van der Waals surface area contributed by atoms with Gasteiger partial charge in [0.25, 0.3) is 5.91 Å². The van der Waals surface area contributed by atoms with Crippen LogP contribution in [0.2, 0.25) is 0 Å². The van der Waals surface area contributed by atoms with Gasteiger partial charge >= 0.3 is 12.1 Å². The zero-order valence-corrected chi connectivity index (χ0v) is 63.1. The van der Waals surface area contributed by atoms with Crippen LogP contribution in [-0.4, -0.2) is 238 Å². The average Bonchev–Trinajstić information content (AvgIpc) is 0.752. The van der Waals surface area contributed by atoms with Gasteiger partial charge in [-0.2, -0.15) is 0 Å². The molecule has 26 heteroatoms. The Kier molecular flexibility index (Phi) is 35.5. The first-order chi connectivity index (χ1) is 44.7. The van der Waals surface area contributed by atoms with Crippen LogP contribution < -0.4 is 21.7 Å². The number of aliphatic hydroxyl groups excluding tert-OH is 1. The van der Waals surface area contributed by atoms with Crippen molar-refractivity contribution in [1.82, 2.24) is 50.2 Å². The molecule has 0 aliphatic heterocycles. The number of ketones is 1. The molecule has 0 spiro atoms. The van der Waals surface area contributed by atoms with Crippen molar-refractivity contribution in [3.8, 4) is 0 Å². The number of amides is 10. The van der Waals surface area contributed by atoms with Crippen molar-refractivity contribution in [2.75, 3.05) is 55.9 Å². The molecule has 6 N–H and O–H groups in total. The Morgan fingerprint density at radius 3 is 1.55 bits per heavy atom. The molecule has 0 saturated carbocycles. The highest BCUT2D eigenvalue weighted by Crippen LogP contribution is 2.29. The number of Topliss-reactive ketones (excluding diaryl/α,β-unsaturated/α-hetero) is 1. The zero-order valence-electron chi connectivity index (χ0n) is 63.1. The summed E-state index contributed by atoms with van der Waals surface area (Å²) in [5.74, 6) is -11.6. The minimum Gasteiger partial charge on any atom is -0.459 e. The summed E-state index contributed by atoms with van der Waals surface area (Å²) in [6.45, 7) is 30.9. The molecule has 0 aromatic heterocycles. The first kappa shape index (κ1) is 87.7. The summed E-state index contributed by atoms with van der Waals surface area (Å²) in [4.78, 5) is 182. The van der Waals surface area contributed by atoms with E-state index in [4.69, 9.17) is 15.2 Å². The van der Waals surface area contributed by atoms with Crippen LogP contribution in [0.15, 0.2) is 42.5 Å². The van der Waals surface area contributed by atoms with Gasteiger partial charge in [-0.15, -0.1) is 0 Å².